The SMILES string of the molecule is Cc1cc(=O)[nH]c(Sc2ccc(C(=O)O)c(Br)c2)n1. The van der Waals surface area contributed by atoms with E-state index in [0.717, 1.165) is 4.90 Å². The van der Waals surface area contributed by atoms with Crippen LogP contribution in [0.4, 0.5) is 0 Å². The van der Waals surface area contributed by atoms with Crippen molar-refractivity contribution in [3.63, 3.8) is 0 Å². The van der Waals surface area contributed by atoms with E-state index in [9.17, 15) is 9.59 Å². The Morgan fingerprint density at radius 2 is 2.16 bits per heavy atom. The van der Waals surface area contributed by atoms with Crippen LogP contribution in [0.3, 0.4) is 0 Å². The summed E-state index contributed by atoms with van der Waals surface area (Å²) in [6.45, 7) is 1.74. The van der Waals surface area contributed by atoms with Crippen LogP contribution in [-0.2, 0) is 0 Å². The number of benzene rings is 1. The van der Waals surface area contributed by atoms with E-state index >= 15 is 0 Å². The van der Waals surface area contributed by atoms with Crippen molar-refractivity contribution in [1.29, 1.82) is 0 Å². The summed E-state index contributed by atoms with van der Waals surface area (Å²) in [6.07, 6.45) is 0. The zero-order valence-electron chi connectivity index (χ0n) is 9.81. The monoisotopic (exact) mass is 340 g/mol. The standard InChI is InChI=1S/C12H9BrN2O3S/c1-6-4-10(16)15-12(14-6)19-7-2-3-8(11(17)18)9(13)5-7/h2-5H,1H3,(H,17,18)(H,14,15,16). The average molecular weight is 341 g/mol. The number of H-pyrrole nitrogens is 1. The van der Waals surface area contributed by atoms with Crippen molar-refractivity contribution in [2.45, 2.75) is 17.0 Å². The summed E-state index contributed by atoms with van der Waals surface area (Å²) in [5.74, 6) is -0.995. The molecular formula is C12H9BrN2O3S. The molecule has 1 aromatic heterocycles. The Kier molecular flexibility index (Phi) is 4.06. The first-order valence-corrected chi connectivity index (χ1v) is 6.85. The second-order valence-electron chi connectivity index (χ2n) is 3.74. The highest BCUT2D eigenvalue weighted by molar-refractivity contribution is 9.10. The van der Waals surface area contributed by atoms with E-state index in [0.29, 0.717) is 15.3 Å². The molecule has 19 heavy (non-hydrogen) atoms. The van der Waals surface area contributed by atoms with Gasteiger partial charge in [0.25, 0.3) is 5.56 Å². The molecule has 7 heteroatoms. The summed E-state index contributed by atoms with van der Waals surface area (Å²) in [5.41, 5.74) is 0.610. The smallest absolute Gasteiger partial charge is 0.336 e. The highest BCUT2D eigenvalue weighted by Gasteiger charge is 2.09. The number of halogens is 1. The Bertz CT molecular complexity index is 700. The summed E-state index contributed by atoms with van der Waals surface area (Å²) in [5, 5.41) is 9.39. The van der Waals surface area contributed by atoms with Gasteiger partial charge in [-0.05, 0) is 41.1 Å². The minimum atomic E-state index is -0.995. The van der Waals surface area contributed by atoms with Gasteiger partial charge in [0.2, 0.25) is 0 Å². The maximum atomic E-state index is 11.3. The lowest BCUT2D eigenvalue weighted by molar-refractivity contribution is 0.0696. The number of carboxylic acid groups (broad SMARTS) is 1. The molecule has 0 spiro atoms. The predicted molar refractivity (Wildman–Crippen MR) is 74.8 cm³/mol. The number of aryl methyl sites for hydroxylation is 1. The number of hydrogen-bond donors (Lipinski definition) is 2. The zero-order valence-corrected chi connectivity index (χ0v) is 12.2. The van der Waals surface area contributed by atoms with Gasteiger partial charge in [-0.15, -0.1) is 0 Å². The molecule has 0 unspecified atom stereocenters. The topological polar surface area (TPSA) is 83.0 Å². The molecule has 0 saturated heterocycles. The first-order chi connectivity index (χ1) is 8.95. The molecule has 1 aromatic carbocycles. The van der Waals surface area contributed by atoms with E-state index < -0.39 is 5.97 Å². The van der Waals surface area contributed by atoms with Gasteiger partial charge in [-0.25, -0.2) is 9.78 Å². The number of aromatic carboxylic acids is 1. The summed E-state index contributed by atoms with van der Waals surface area (Å²) >= 11 is 4.46. The maximum Gasteiger partial charge on any atom is 0.336 e. The minimum Gasteiger partial charge on any atom is -0.478 e. The summed E-state index contributed by atoms with van der Waals surface area (Å²) < 4.78 is 0.486. The Morgan fingerprint density at radius 1 is 1.42 bits per heavy atom. The third kappa shape index (κ3) is 3.45. The first kappa shape index (κ1) is 13.8. The van der Waals surface area contributed by atoms with Crippen LogP contribution < -0.4 is 5.56 Å². The van der Waals surface area contributed by atoms with Crippen molar-refractivity contribution in [2.75, 3.05) is 0 Å². The van der Waals surface area contributed by atoms with Gasteiger partial charge in [0, 0.05) is 21.1 Å². The number of aromatic amines is 1. The fourth-order valence-corrected chi connectivity index (χ4v) is 3.02. The maximum absolute atomic E-state index is 11.3. The van der Waals surface area contributed by atoms with Crippen LogP contribution in [-0.4, -0.2) is 21.0 Å². The van der Waals surface area contributed by atoms with Crippen LogP contribution >= 0.6 is 27.7 Å². The lowest BCUT2D eigenvalue weighted by Crippen LogP contribution is -2.07. The molecule has 2 rings (SSSR count). The third-order valence-corrected chi connectivity index (χ3v) is 3.77. The van der Waals surface area contributed by atoms with E-state index in [1.165, 1.54) is 23.9 Å². The van der Waals surface area contributed by atoms with Crippen molar-refractivity contribution < 1.29 is 9.90 Å². The highest BCUT2D eigenvalue weighted by Crippen LogP contribution is 2.28. The van der Waals surface area contributed by atoms with Crippen LogP contribution in [0.1, 0.15) is 16.1 Å². The first-order valence-electron chi connectivity index (χ1n) is 5.24. The Balaban J connectivity index is 2.31. The van der Waals surface area contributed by atoms with Gasteiger partial charge < -0.3 is 10.1 Å². The fourth-order valence-electron chi connectivity index (χ4n) is 1.44. The van der Waals surface area contributed by atoms with Gasteiger partial charge in [0.1, 0.15) is 0 Å². The van der Waals surface area contributed by atoms with Crippen molar-refractivity contribution >= 4 is 33.7 Å². The molecule has 1 heterocycles. The lowest BCUT2D eigenvalue weighted by atomic mass is 10.2. The van der Waals surface area contributed by atoms with Crippen molar-refractivity contribution in [1.82, 2.24) is 9.97 Å². The minimum absolute atomic E-state index is 0.190. The molecule has 0 radical (unpaired) electrons. The molecule has 0 saturated carbocycles. The normalized spacial score (nSPS) is 10.4. The van der Waals surface area contributed by atoms with Gasteiger partial charge in [-0.3, -0.25) is 4.79 Å². The molecule has 2 aromatic rings. The van der Waals surface area contributed by atoms with Crippen LogP contribution in [0.2, 0.25) is 0 Å². The van der Waals surface area contributed by atoms with Gasteiger partial charge in [0.05, 0.1) is 5.56 Å². The average Bonchev–Trinajstić information content (AvgIpc) is 2.26. The number of aromatic nitrogens is 2. The van der Waals surface area contributed by atoms with Gasteiger partial charge >= 0.3 is 5.97 Å². The molecule has 0 fully saturated rings. The molecule has 0 atom stereocenters. The van der Waals surface area contributed by atoms with E-state index in [1.807, 2.05) is 0 Å². The van der Waals surface area contributed by atoms with Gasteiger partial charge in [-0.2, -0.15) is 0 Å². The molecular weight excluding hydrogens is 332 g/mol. The summed E-state index contributed by atoms with van der Waals surface area (Å²) in [7, 11) is 0. The van der Waals surface area contributed by atoms with Crippen molar-refractivity contribution in [2.24, 2.45) is 0 Å². The number of carbonyl (C=O) groups is 1. The van der Waals surface area contributed by atoms with Gasteiger partial charge in [-0.1, -0.05) is 11.8 Å². The van der Waals surface area contributed by atoms with Crippen LogP contribution in [0.15, 0.2) is 43.6 Å². The molecule has 5 nitrogen and oxygen atoms in total. The number of rotatable bonds is 3. The molecule has 0 amide bonds. The van der Waals surface area contributed by atoms with E-state index in [1.54, 1.807) is 19.1 Å². The molecule has 0 aliphatic carbocycles. The number of nitrogens with one attached hydrogen (secondary N) is 1. The van der Waals surface area contributed by atoms with Crippen LogP contribution in [0, 0.1) is 6.92 Å². The Labute approximate surface area is 121 Å². The zero-order chi connectivity index (χ0) is 14.0. The second-order valence-corrected chi connectivity index (χ2v) is 5.66. The summed E-state index contributed by atoms with van der Waals surface area (Å²) in [4.78, 5) is 29.8. The number of hydrogen-bond acceptors (Lipinski definition) is 4. The Hall–Kier alpha value is -1.60. The summed E-state index contributed by atoms with van der Waals surface area (Å²) in [6, 6.07) is 6.26. The lowest BCUT2D eigenvalue weighted by Gasteiger charge is -2.04. The van der Waals surface area contributed by atoms with Crippen molar-refractivity contribution in [3.05, 3.63) is 50.3 Å². The molecule has 0 aliphatic rings. The third-order valence-electron chi connectivity index (χ3n) is 2.23. The molecule has 2 N–H and O–H groups in total. The molecule has 0 aliphatic heterocycles. The number of nitrogens with zero attached hydrogens (tertiary/aromatic N) is 1. The van der Waals surface area contributed by atoms with E-state index in [2.05, 4.69) is 25.9 Å². The van der Waals surface area contributed by atoms with Gasteiger partial charge in [0.15, 0.2) is 5.16 Å². The fraction of sp³-hybridized carbons (Fsp3) is 0.0833. The number of carboxylic acids is 1. The second kappa shape index (κ2) is 5.58. The molecule has 0 bridgehead atoms. The predicted octanol–water partition coefficient (Wildman–Crippen LogP) is 2.69. The van der Waals surface area contributed by atoms with E-state index in [4.69, 9.17) is 5.11 Å². The Morgan fingerprint density at radius 3 is 2.74 bits per heavy atom. The highest BCUT2D eigenvalue weighted by atomic mass is 79.9. The van der Waals surface area contributed by atoms with Crippen LogP contribution in [0.25, 0.3) is 0 Å². The van der Waals surface area contributed by atoms with Crippen molar-refractivity contribution in [3.8, 4) is 0 Å². The van der Waals surface area contributed by atoms with E-state index in [-0.39, 0.29) is 11.1 Å². The largest absolute Gasteiger partial charge is 0.478 e. The molecule has 98 valence electrons. The quantitative estimate of drug-likeness (QED) is 0.839. The van der Waals surface area contributed by atoms with Crippen LogP contribution in [0.5, 0.6) is 0 Å².